The summed E-state index contributed by atoms with van der Waals surface area (Å²) in [6, 6.07) is 5.89. The zero-order valence-electron chi connectivity index (χ0n) is 9.86. The number of nitrogen functional groups attached to an aromatic ring is 1. The van der Waals surface area contributed by atoms with E-state index in [0.717, 1.165) is 30.5 Å². The number of benzene rings is 1. The highest BCUT2D eigenvalue weighted by Crippen LogP contribution is 2.23. The molecule has 1 fully saturated rings. The van der Waals surface area contributed by atoms with Gasteiger partial charge in [0.25, 0.3) is 5.91 Å². The van der Waals surface area contributed by atoms with Gasteiger partial charge in [-0.2, -0.15) is 0 Å². The summed E-state index contributed by atoms with van der Waals surface area (Å²) in [4.78, 5) is 14.2. The summed E-state index contributed by atoms with van der Waals surface area (Å²) in [5.74, 6) is 0.120. The molecule has 0 radical (unpaired) electrons. The standard InChI is InChI=1S/C13H18N2O/c1-9-5-4-8-15(9)13(16)11-6-3-7-12(14)10(11)2/h3,6-7,9H,4-5,8,14H2,1-2H3. The fourth-order valence-electron chi connectivity index (χ4n) is 2.27. The molecule has 3 nitrogen and oxygen atoms in total. The molecular formula is C13H18N2O. The number of carbonyl (C=O) groups is 1. The normalized spacial score (nSPS) is 20.1. The largest absolute Gasteiger partial charge is 0.398 e. The van der Waals surface area contributed by atoms with Crippen molar-refractivity contribution in [2.45, 2.75) is 32.7 Å². The molecule has 1 amide bonds. The summed E-state index contributed by atoms with van der Waals surface area (Å²) in [7, 11) is 0. The van der Waals surface area contributed by atoms with Gasteiger partial charge in [0.2, 0.25) is 0 Å². The molecule has 1 heterocycles. The van der Waals surface area contributed by atoms with Gasteiger partial charge in [-0.3, -0.25) is 4.79 Å². The average Bonchev–Trinajstić information content (AvgIpc) is 2.68. The van der Waals surface area contributed by atoms with Crippen molar-refractivity contribution < 1.29 is 4.79 Å². The Hall–Kier alpha value is -1.51. The highest BCUT2D eigenvalue weighted by Gasteiger charge is 2.26. The molecule has 16 heavy (non-hydrogen) atoms. The summed E-state index contributed by atoms with van der Waals surface area (Å²) < 4.78 is 0. The quantitative estimate of drug-likeness (QED) is 0.734. The van der Waals surface area contributed by atoms with Crippen LogP contribution in [0.3, 0.4) is 0 Å². The molecule has 1 atom stereocenters. The van der Waals surface area contributed by atoms with Crippen molar-refractivity contribution >= 4 is 11.6 Å². The number of nitrogens with two attached hydrogens (primary N) is 1. The van der Waals surface area contributed by atoms with Crippen LogP contribution in [0.15, 0.2) is 18.2 Å². The predicted molar refractivity (Wildman–Crippen MR) is 65.3 cm³/mol. The second-order valence-electron chi connectivity index (χ2n) is 4.51. The summed E-state index contributed by atoms with van der Waals surface area (Å²) in [5.41, 5.74) is 8.15. The summed E-state index contributed by atoms with van der Waals surface area (Å²) in [5, 5.41) is 0. The van der Waals surface area contributed by atoms with Crippen LogP contribution in [0, 0.1) is 6.92 Å². The Kier molecular flexibility index (Phi) is 2.86. The lowest BCUT2D eigenvalue weighted by Crippen LogP contribution is -2.34. The topological polar surface area (TPSA) is 46.3 Å². The van der Waals surface area contributed by atoms with Crippen LogP contribution in [0.5, 0.6) is 0 Å². The van der Waals surface area contributed by atoms with Gasteiger partial charge in [0.05, 0.1) is 0 Å². The van der Waals surface area contributed by atoms with Crippen molar-refractivity contribution in [3.05, 3.63) is 29.3 Å². The van der Waals surface area contributed by atoms with Gasteiger partial charge in [0.15, 0.2) is 0 Å². The first-order chi connectivity index (χ1) is 7.61. The number of likely N-dealkylation sites (tertiary alicyclic amines) is 1. The van der Waals surface area contributed by atoms with Crippen molar-refractivity contribution in [1.82, 2.24) is 4.90 Å². The lowest BCUT2D eigenvalue weighted by Gasteiger charge is -2.22. The first-order valence-corrected chi connectivity index (χ1v) is 5.77. The van der Waals surface area contributed by atoms with E-state index in [0.29, 0.717) is 11.7 Å². The van der Waals surface area contributed by atoms with E-state index in [-0.39, 0.29) is 5.91 Å². The maximum Gasteiger partial charge on any atom is 0.254 e. The van der Waals surface area contributed by atoms with Crippen LogP contribution >= 0.6 is 0 Å². The van der Waals surface area contributed by atoms with Crippen LogP contribution in [0.2, 0.25) is 0 Å². The maximum atomic E-state index is 12.3. The van der Waals surface area contributed by atoms with Gasteiger partial charge in [0.1, 0.15) is 0 Å². The van der Waals surface area contributed by atoms with Crippen molar-refractivity contribution in [3.8, 4) is 0 Å². The molecule has 1 aromatic rings. The molecule has 2 rings (SSSR count). The van der Waals surface area contributed by atoms with Gasteiger partial charge in [0, 0.05) is 23.8 Å². The van der Waals surface area contributed by atoms with Crippen LogP contribution in [0.1, 0.15) is 35.7 Å². The van der Waals surface area contributed by atoms with Crippen LogP contribution < -0.4 is 5.73 Å². The van der Waals surface area contributed by atoms with Gasteiger partial charge >= 0.3 is 0 Å². The number of nitrogens with zero attached hydrogens (tertiary/aromatic N) is 1. The van der Waals surface area contributed by atoms with E-state index in [1.165, 1.54) is 0 Å². The Morgan fingerprint density at radius 3 is 2.88 bits per heavy atom. The van der Waals surface area contributed by atoms with Gasteiger partial charge < -0.3 is 10.6 Å². The average molecular weight is 218 g/mol. The Labute approximate surface area is 96.2 Å². The molecule has 1 aliphatic rings. The third kappa shape index (κ3) is 1.77. The van der Waals surface area contributed by atoms with Crippen molar-refractivity contribution in [2.75, 3.05) is 12.3 Å². The third-order valence-electron chi connectivity index (χ3n) is 3.42. The Morgan fingerprint density at radius 2 is 2.25 bits per heavy atom. The van der Waals surface area contributed by atoms with Gasteiger partial charge in [-0.05, 0) is 44.4 Å². The van der Waals surface area contributed by atoms with E-state index in [1.807, 2.05) is 30.0 Å². The monoisotopic (exact) mass is 218 g/mol. The number of hydrogen-bond acceptors (Lipinski definition) is 2. The molecule has 86 valence electrons. The molecule has 1 unspecified atom stereocenters. The van der Waals surface area contributed by atoms with Gasteiger partial charge in [-0.25, -0.2) is 0 Å². The smallest absolute Gasteiger partial charge is 0.254 e. The Morgan fingerprint density at radius 1 is 1.50 bits per heavy atom. The van der Waals surface area contributed by atoms with Crippen LogP contribution in [0.25, 0.3) is 0 Å². The first kappa shape index (κ1) is 11.0. The second kappa shape index (κ2) is 4.16. The lowest BCUT2D eigenvalue weighted by atomic mass is 10.1. The molecule has 3 heteroatoms. The SMILES string of the molecule is Cc1c(N)cccc1C(=O)N1CCCC1C. The summed E-state index contributed by atoms with van der Waals surface area (Å²) >= 11 is 0. The molecule has 1 aromatic carbocycles. The third-order valence-corrected chi connectivity index (χ3v) is 3.42. The highest BCUT2D eigenvalue weighted by molar-refractivity contribution is 5.97. The van der Waals surface area contributed by atoms with E-state index in [1.54, 1.807) is 0 Å². The zero-order chi connectivity index (χ0) is 11.7. The summed E-state index contributed by atoms with van der Waals surface area (Å²) in [6.07, 6.45) is 2.21. The molecule has 0 aromatic heterocycles. The fraction of sp³-hybridized carbons (Fsp3) is 0.462. The molecule has 0 bridgehead atoms. The minimum atomic E-state index is 0.120. The van der Waals surface area contributed by atoms with E-state index in [9.17, 15) is 4.79 Å². The van der Waals surface area contributed by atoms with Crippen molar-refractivity contribution in [3.63, 3.8) is 0 Å². The van der Waals surface area contributed by atoms with Crippen molar-refractivity contribution in [1.29, 1.82) is 0 Å². The van der Waals surface area contributed by atoms with E-state index in [2.05, 4.69) is 6.92 Å². The number of carbonyl (C=O) groups excluding carboxylic acids is 1. The van der Waals surface area contributed by atoms with Crippen LogP contribution in [-0.2, 0) is 0 Å². The first-order valence-electron chi connectivity index (χ1n) is 5.77. The Bertz CT molecular complexity index is 414. The Balaban J connectivity index is 2.30. The van der Waals surface area contributed by atoms with E-state index >= 15 is 0 Å². The molecule has 1 aliphatic heterocycles. The molecule has 0 saturated carbocycles. The van der Waals surface area contributed by atoms with E-state index in [4.69, 9.17) is 5.73 Å². The highest BCUT2D eigenvalue weighted by atomic mass is 16.2. The predicted octanol–water partition coefficient (Wildman–Crippen LogP) is 2.20. The number of hydrogen-bond donors (Lipinski definition) is 1. The van der Waals surface area contributed by atoms with Crippen LogP contribution in [-0.4, -0.2) is 23.4 Å². The second-order valence-corrected chi connectivity index (χ2v) is 4.51. The molecule has 0 spiro atoms. The van der Waals surface area contributed by atoms with Crippen molar-refractivity contribution in [2.24, 2.45) is 0 Å². The zero-order valence-corrected chi connectivity index (χ0v) is 9.86. The number of rotatable bonds is 1. The maximum absolute atomic E-state index is 12.3. The minimum absolute atomic E-state index is 0.120. The molecule has 0 aliphatic carbocycles. The van der Waals surface area contributed by atoms with E-state index < -0.39 is 0 Å². The summed E-state index contributed by atoms with van der Waals surface area (Å²) in [6.45, 7) is 4.88. The number of amides is 1. The lowest BCUT2D eigenvalue weighted by molar-refractivity contribution is 0.0747. The molecule has 1 saturated heterocycles. The van der Waals surface area contributed by atoms with Crippen LogP contribution in [0.4, 0.5) is 5.69 Å². The molecule has 2 N–H and O–H groups in total. The van der Waals surface area contributed by atoms with Gasteiger partial charge in [-0.1, -0.05) is 6.07 Å². The molecular weight excluding hydrogens is 200 g/mol. The minimum Gasteiger partial charge on any atom is -0.398 e. The number of anilines is 1. The van der Waals surface area contributed by atoms with Gasteiger partial charge in [-0.15, -0.1) is 0 Å². The fourth-order valence-corrected chi connectivity index (χ4v) is 2.27.